The highest BCUT2D eigenvalue weighted by atomic mass is 32.1. The Morgan fingerprint density at radius 1 is 0.972 bits per heavy atom. The van der Waals surface area contributed by atoms with Crippen LogP contribution in [0.4, 0.5) is 11.4 Å². The van der Waals surface area contributed by atoms with Crippen LogP contribution in [0.25, 0.3) is 11.1 Å². The molecule has 3 rings (SSSR count). The van der Waals surface area contributed by atoms with Crippen molar-refractivity contribution in [2.75, 3.05) is 24.7 Å². The summed E-state index contributed by atoms with van der Waals surface area (Å²) in [6, 6.07) is 11.1. The second-order valence-electron chi connectivity index (χ2n) is 8.16. The van der Waals surface area contributed by atoms with Crippen molar-refractivity contribution >= 4 is 47.1 Å². The van der Waals surface area contributed by atoms with E-state index in [-0.39, 0.29) is 10.6 Å². The average Bonchev–Trinajstić information content (AvgIpc) is 3.34. The van der Waals surface area contributed by atoms with Gasteiger partial charge in [-0.3, -0.25) is 19.2 Å². The van der Waals surface area contributed by atoms with Crippen LogP contribution in [0, 0.1) is 13.8 Å². The van der Waals surface area contributed by atoms with Gasteiger partial charge in [0, 0.05) is 37.2 Å². The fourth-order valence-electron chi connectivity index (χ4n) is 3.46. The van der Waals surface area contributed by atoms with E-state index in [1.54, 1.807) is 31.1 Å². The number of hydrogen-bond donors (Lipinski definition) is 2. The first-order valence-electron chi connectivity index (χ1n) is 10.9. The summed E-state index contributed by atoms with van der Waals surface area (Å²) in [6.07, 6.45) is 4.11. The number of aldehydes is 2. The Kier molecular flexibility index (Phi) is 8.29. The van der Waals surface area contributed by atoms with Gasteiger partial charge in [0.1, 0.15) is 0 Å². The van der Waals surface area contributed by atoms with Crippen molar-refractivity contribution in [3.05, 3.63) is 87.5 Å². The summed E-state index contributed by atoms with van der Waals surface area (Å²) < 4.78 is 0. The van der Waals surface area contributed by atoms with Crippen LogP contribution in [0.1, 0.15) is 30.6 Å². The first kappa shape index (κ1) is 26.2. The zero-order chi connectivity index (χ0) is 26.4. The summed E-state index contributed by atoms with van der Waals surface area (Å²) in [7, 11) is 3.41. The van der Waals surface area contributed by atoms with Crippen LogP contribution in [0.5, 0.6) is 0 Å². The van der Waals surface area contributed by atoms with Gasteiger partial charge in [-0.25, -0.2) is 4.98 Å². The fraction of sp³-hybridized carbons (Fsp3) is 0.148. The van der Waals surface area contributed by atoms with Gasteiger partial charge >= 0.3 is 0 Å². The summed E-state index contributed by atoms with van der Waals surface area (Å²) in [4.78, 5) is 53.4. The number of nitrogens with one attached hydrogen (secondary N) is 2. The maximum Gasteiger partial charge on any atom is 0.284 e. The van der Waals surface area contributed by atoms with Crippen molar-refractivity contribution in [3.63, 3.8) is 0 Å². The third-order valence-corrected chi connectivity index (χ3v) is 6.46. The largest absolute Gasteiger partial charge is 0.375 e. The normalized spacial score (nSPS) is 10.9. The van der Waals surface area contributed by atoms with Crippen molar-refractivity contribution in [1.29, 1.82) is 0 Å². The highest BCUT2D eigenvalue weighted by Gasteiger charge is 2.16. The summed E-state index contributed by atoms with van der Waals surface area (Å²) in [5, 5.41) is 5.92. The van der Waals surface area contributed by atoms with E-state index >= 15 is 0 Å². The molecule has 0 unspecified atom stereocenters. The van der Waals surface area contributed by atoms with Gasteiger partial charge in [0.15, 0.2) is 17.6 Å². The zero-order valence-corrected chi connectivity index (χ0v) is 21.2. The molecule has 0 saturated carbocycles. The van der Waals surface area contributed by atoms with Gasteiger partial charge in [-0.2, -0.15) is 0 Å². The van der Waals surface area contributed by atoms with E-state index < -0.39 is 11.8 Å². The van der Waals surface area contributed by atoms with Crippen LogP contribution in [0.2, 0.25) is 0 Å². The van der Waals surface area contributed by atoms with Crippen molar-refractivity contribution in [1.82, 2.24) is 9.88 Å². The number of allylic oxidation sites excluding steroid dienone is 1. The number of benzene rings is 2. The summed E-state index contributed by atoms with van der Waals surface area (Å²) in [5.41, 5.74) is 5.10. The third-order valence-electron chi connectivity index (χ3n) is 5.54. The lowest BCUT2D eigenvalue weighted by atomic mass is 9.94. The Labute approximate surface area is 213 Å². The van der Waals surface area contributed by atoms with Crippen LogP contribution in [0.3, 0.4) is 0 Å². The number of anilines is 2. The molecule has 0 aliphatic rings. The van der Waals surface area contributed by atoms with E-state index in [1.807, 2.05) is 38.1 Å². The van der Waals surface area contributed by atoms with Crippen LogP contribution in [-0.4, -0.2) is 48.4 Å². The van der Waals surface area contributed by atoms with Gasteiger partial charge < -0.3 is 15.5 Å². The van der Waals surface area contributed by atoms with Gasteiger partial charge in [0.05, 0.1) is 10.6 Å². The Morgan fingerprint density at radius 3 is 2.06 bits per heavy atom. The van der Waals surface area contributed by atoms with Crippen LogP contribution in [-0.2, 0) is 9.59 Å². The van der Waals surface area contributed by atoms with Gasteiger partial charge in [0.25, 0.3) is 11.8 Å². The number of aromatic nitrogens is 1. The lowest BCUT2D eigenvalue weighted by Gasteiger charge is -2.17. The van der Waals surface area contributed by atoms with E-state index in [2.05, 4.69) is 22.2 Å². The van der Waals surface area contributed by atoms with Gasteiger partial charge in [-0.1, -0.05) is 30.8 Å². The molecule has 2 aromatic carbocycles. The number of rotatable bonds is 9. The SMILES string of the molecule is C=C(/C=C(/C=O)N(C)C)C(=O)Nc1cccc(-c2cccc(NC(=O)c3ncc(C=O)s3)c2C)c1C. The minimum absolute atomic E-state index is 0.149. The molecule has 0 aliphatic heterocycles. The molecule has 0 saturated heterocycles. The third kappa shape index (κ3) is 5.81. The lowest BCUT2D eigenvalue weighted by molar-refractivity contribution is -0.112. The lowest BCUT2D eigenvalue weighted by Crippen LogP contribution is -2.17. The number of carbonyl (C=O) groups excluding carboxylic acids is 4. The Morgan fingerprint density at radius 2 is 1.56 bits per heavy atom. The van der Waals surface area contributed by atoms with E-state index in [9.17, 15) is 19.2 Å². The molecule has 0 spiro atoms. The monoisotopic (exact) mass is 502 g/mol. The molecular weight excluding hydrogens is 476 g/mol. The Bertz CT molecular complexity index is 1390. The number of carbonyl (C=O) groups is 4. The summed E-state index contributed by atoms with van der Waals surface area (Å²) in [5.74, 6) is -0.822. The molecule has 0 fully saturated rings. The molecule has 0 radical (unpaired) electrons. The van der Waals surface area contributed by atoms with Crippen molar-refractivity contribution in [3.8, 4) is 11.1 Å². The molecule has 9 heteroatoms. The summed E-state index contributed by atoms with van der Waals surface area (Å²) in [6.45, 7) is 7.56. The fourth-order valence-corrected chi connectivity index (χ4v) is 4.09. The topological polar surface area (TPSA) is 108 Å². The minimum Gasteiger partial charge on any atom is -0.375 e. The predicted molar refractivity (Wildman–Crippen MR) is 142 cm³/mol. The van der Waals surface area contributed by atoms with E-state index in [0.29, 0.717) is 34.5 Å². The number of likely N-dealkylation sites (N-methyl/N-ethyl adjacent to an activating group) is 1. The molecule has 0 bridgehead atoms. The van der Waals surface area contributed by atoms with Crippen LogP contribution in [0.15, 0.2) is 66.5 Å². The maximum atomic E-state index is 12.7. The molecule has 0 atom stereocenters. The van der Waals surface area contributed by atoms with E-state index in [4.69, 9.17) is 0 Å². The molecule has 0 aliphatic carbocycles. The van der Waals surface area contributed by atoms with Crippen molar-refractivity contribution in [2.45, 2.75) is 13.8 Å². The van der Waals surface area contributed by atoms with Gasteiger partial charge in [-0.05, 0) is 54.3 Å². The highest BCUT2D eigenvalue weighted by Crippen LogP contribution is 2.34. The molecule has 36 heavy (non-hydrogen) atoms. The predicted octanol–water partition coefficient (Wildman–Crippen LogP) is 4.63. The first-order chi connectivity index (χ1) is 17.2. The quantitative estimate of drug-likeness (QED) is 0.251. The van der Waals surface area contributed by atoms with Crippen LogP contribution >= 0.6 is 11.3 Å². The number of nitrogens with zero attached hydrogens (tertiary/aromatic N) is 2. The van der Waals surface area contributed by atoms with Gasteiger partial charge in [0.2, 0.25) is 0 Å². The van der Waals surface area contributed by atoms with E-state index in [1.165, 1.54) is 12.3 Å². The zero-order valence-electron chi connectivity index (χ0n) is 20.4. The smallest absolute Gasteiger partial charge is 0.284 e. The Hall–Kier alpha value is -4.37. The Balaban J connectivity index is 1.87. The van der Waals surface area contributed by atoms with Crippen LogP contribution < -0.4 is 10.6 Å². The van der Waals surface area contributed by atoms with Crippen molar-refractivity contribution in [2.24, 2.45) is 0 Å². The van der Waals surface area contributed by atoms with Gasteiger partial charge in [-0.15, -0.1) is 11.3 Å². The number of thiazole rings is 1. The molecule has 1 heterocycles. The standard InChI is InChI=1S/C27H26N4O4S/c1-16(12-19(14-32)31(4)5)25(34)29-23-10-6-8-21(17(23)2)22-9-7-11-24(18(22)3)30-26(35)27-28-13-20(15-33)36-27/h6-15H,1H2,2-5H3,(H,29,34)(H,30,35)/b19-12-. The first-order valence-corrected chi connectivity index (χ1v) is 11.7. The van der Waals surface area contributed by atoms with Crippen molar-refractivity contribution < 1.29 is 19.2 Å². The minimum atomic E-state index is -0.424. The second-order valence-corrected chi connectivity index (χ2v) is 9.22. The second kappa shape index (κ2) is 11.4. The maximum absolute atomic E-state index is 12.7. The molecule has 2 amide bonds. The summed E-state index contributed by atoms with van der Waals surface area (Å²) >= 11 is 1.02. The molecule has 3 aromatic rings. The molecular formula is C27H26N4O4S. The average molecular weight is 503 g/mol. The number of hydrogen-bond acceptors (Lipinski definition) is 7. The highest BCUT2D eigenvalue weighted by molar-refractivity contribution is 7.15. The number of amides is 2. The molecule has 1 aromatic heterocycles. The van der Waals surface area contributed by atoms with E-state index in [0.717, 1.165) is 33.6 Å². The molecule has 8 nitrogen and oxygen atoms in total. The molecule has 184 valence electrons. The molecule has 2 N–H and O–H groups in total.